The molecule has 1 saturated heterocycles. The van der Waals surface area contributed by atoms with Gasteiger partial charge in [-0.3, -0.25) is 4.98 Å². The van der Waals surface area contributed by atoms with Crippen LogP contribution >= 0.6 is 0 Å². The maximum absolute atomic E-state index is 12.7. The molecule has 0 unspecified atom stereocenters. The molecule has 21 heavy (non-hydrogen) atoms. The molecule has 2 rings (SSSR count). The summed E-state index contributed by atoms with van der Waals surface area (Å²) in [4.78, 5) is 4.18. The smallest absolute Gasteiger partial charge is 0.244 e. The molecule has 114 valence electrons. The summed E-state index contributed by atoms with van der Waals surface area (Å²) >= 11 is 0. The van der Waals surface area contributed by atoms with Crippen molar-refractivity contribution in [2.45, 2.75) is 31.6 Å². The molecule has 0 saturated carbocycles. The summed E-state index contributed by atoms with van der Waals surface area (Å²) in [6, 6.07) is 1.56. The van der Waals surface area contributed by atoms with Crippen LogP contribution < -0.4 is 5.73 Å². The van der Waals surface area contributed by atoms with E-state index in [-0.39, 0.29) is 16.9 Å². The van der Waals surface area contributed by atoms with Gasteiger partial charge in [-0.25, -0.2) is 8.42 Å². The lowest BCUT2D eigenvalue weighted by atomic mass is 9.85. The Bertz CT molecular complexity index is 672. The Morgan fingerprint density at radius 3 is 2.86 bits per heavy atom. The molecule has 1 aliphatic rings. The summed E-state index contributed by atoms with van der Waals surface area (Å²) in [6.07, 6.45) is 4.85. The zero-order chi connectivity index (χ0) is 15.5. The molecule has 6 heteroatoms. The van der Waals surface area contributed by atoms with Gasteiger partial charge in [-0.1, -0.05) is 25.7 Å². The van der Waals surface area contributed by atoms with E-state index >= 15 is 0 Å². The lowest BCUT2D eigenvalue weighted by Crippen LogP contribution is -2.43. The summed E-state index contributed by atoms with van der Waals surface area (Å²) in [5.41, 5.74) is 5.90. The largest absolute Gasteiger partial charge is 0.320 e. The van der Waals surface area contributed by atoms with Crippen molar-refractivity contribution < 1.29 is 8.42 Å². The van der Waals surface area contributed by atoms with Crippen molar-refractivity contribution in [1.82, 2.24) is 9.29 Å². The Morgan fingerprint density at radius 1 is 1.43 bits per heavy atom. The normalized spacial score (nSPS) is 18.8. The van der Waals surface area contributed by atoms with Crippen LogP contribution in [-0.2, 0) is 10.0 Å². The van der Waals surface area contributed by atoms with Crippen molar-refractivity contribution >= 4 is 10.0 Å². The van der Waals surface area contributed by atoms with Gasteiger partial charge in [0.1, 0.15) is 4.90 Å². The van der Waals surface area contributed by atoms with Crippen molar-refractivity contribution in [3.05, 3.63) is 24.0 Å². The Hall–Kier alpha value is -1.42. The van der Waals surface area contributed by atoms with Crippen LogP contribution in [0.25, 0.3) is 0 Å². The van der Waals surface area contributed by atoms with Crippen LogP contribution in [0.1, 0.15) is 32.3 Å². The number of nitrogens with zero attached hydrogens (tertiary/aromatic N) is 2. The molecule has 0 amide bonds. The molecular formula is C15H21N3O2S. The number of hydrogen-bond donors (Lipinski definition) is 1. The number of pyridine rings is 1. The predicted octanol–water partition coefficient (Wildman–Crippen LogP) is 1.20. The van der Waals surface area contributed by atoms with Gasteiger partial charge in [0, 0.05) is 31.0 Å². The minimum absolute atomic E-state index is 0.00964. The van der Waals surface area contributed by atoms with E-state index < -0.39 is 10.0 Å². The third-order valence-corrected chi connectivity index (χ3v) is 5.36. The number of hydrogen-bond acceptors (Lipinski definition) is 4. The minimum Gasteiger partial charge on any atom is -0.320 e. The maximum Gasteiger partial charge on any atom is 0.244 e. The second-order valence-electron chi connectivity index (χ2n) is 6.02. The number of piperidine rings is 1. The van der Waals surface area contributed by atoms with Gasteiger partial charge in [-0.15, -0.1) is 0 Å². The van der Waals surface area contributed by atoms with Gasteiger partial charge >= 0.3 is 0 Å². The molecular weight excluding hydrogens is 286 g/mol. The van der Waals surface area contributed by atoms with Crippen LogP contribution in [0.4, 0.5) is 0 Å². The van der Waals surface area contributed by atoms with E-state index in [1.54, 1.807) is 16.6 Å². The second kappa shape index (κ2) is 6.14. The first-order chi connectivity index (χ1) is 9.85. The Morgan fingerprint density at radius 2 is 2.19 bits per heavy atom. The Balaban J connectivity index is 2.31. The summed E-state index contributed by atoms with van der Waals surface area (Å²) < 4.78 is 27.0. The number of sulfonamides is 1. The van der Waals surface area contributed by atoms with Gasteiger partial charge in [-0.05, 0) is 24.3 Å². The van der Waals surface area contributed by atoms with Gasteiger partial charge in [0.05, 0.1) is 6.54 Å². The molecule has 2 N–H and O–H groups in total. The molecule has 0 aromatic carbocycles. The zero-order valence-electron chi connectivity index (χ0n) is 12.5. The first-order valence-electron chi connectivity index (χ1n) is 6.99. The van der Waals surface area contributed by atoms with Gasteiger partial charge < -0.3 is 5.73 Å². The molecule has 5 nitrogen and oxygen atoms in total. The van der Waals surface area contributed by atoms with Crippen LogP contribution in [0.3, 0.4) is 0 Å². The average molecular weight is 307 g/mol. The third-order valence-electron chi connectivity index (χ3n) is 3.55. The van der Waals surface area contributed by atoms with E-state index in [0.29, 0.717) is 18.7 Å². The molecule has 0 bridgehead atoms. The molecule has 1 fully saturated rings. The monoisotopic (exact) mass is 307 g/mol. The molecule has 0 aliphatic carbocycles. The average Bonchev–Trinajstić information content (AvgIpc) is 2.44. The van der Waals surface area contributed by atoms with E-state index in [2.05, 4.69) is 30.7 Å². The van der Waals surface area contributed by atoms with Gasteiger partial charge in [0.2, 0.25) is 10.0 Å². The van der Waals surface area contributed by atoms with Crippen molar-refractivity contribution in [3.63, 3.8) is 0 Å². The van der Waals surface area contributed by atoms with E-state index in [1.165, 1.54) is 6.20 Å². The van der Waals surface area contributed by atoms with Crippen molar-refractivity contribution in [2.24, 2.45) is 11.1 Å². The second-order valence-corrected chi connectivity index (χ2v) is 7.96. The molecule has 0 spiro atoms. The maximum atomic E-state index is 12.7. The highest BCUT2D eigenvalue weighted by molar-refractivity contribution is 7.89. The SMILES string of the molecule is CC1(C)CCCN(S(=O)(=O)c2cncc(C#CCN)c2)C1. The van der Waals surface area contributed by atoms with Crippen LogP contribution in [0.5, 0.6) is 0 Å². The number of rotatable bonds is 2. The predicted molar refractivity (Wildman–Crippen MR) is 81.9 cm³/mol. The molecule has 1 aromatic rings. The van der Waals surface area contributed by atoms with Gasteiger partial charge in [0.25, 0.3) is 0 Å². The summed E-state index contributed by atoms with van der Waals surface area (Å²) in [6.45, 7) is 5.52. The van der Waals surface area contributed by atoms with Crippen molar-refractivity contribution in [3.8, 4) is 11.8 Å². The zero-order valence-corrected chi connectivity index (χ0v) is 13.3. The molecule has 2 heterocycles. The van der Waals surface area contributed by atoms with Crippen LogP contribution in [-0.4, -0.2) is 37.3 Å². The Labute approximate surface area is 126 Å². The molecule has 0 radical (unpaired) electrons. The van der Waals surface area contributed by atoms with Gasteiger partial charge in [0.15, 0.2) is 0 Å². The Kier molecular flexibility index (Phi) is 4.67. The van der Waals surface area contributed by atoms with Crippen molar-refractivity contribution in [2.75, 3.05) is 19.6 Å². The fourth-order valence-corrected chi connectivity index (χ4v) is 4.16. The van der Waals surface area contributed by atoms with Crippen LogP contribution in [0, 0.1) is 17.3 Å². The van der Waals surface area contributed by atoms with Crippen LogP contribution in [0.15, 0.2) is 23.4 Å². The fourth-order valence-electron chi connectivity index (χ4n) is 2.51. The van der Waals surface area contributed by atoms with E-state index in [9.17, 15) is 8.42 Å². The van der Waals surface area contributed by atoms with E-state index in [4.69, 9.17) is 5.73 Å². The summed E-state index contributed by atoms with van der Waals surface area (Å²) in [5, 5.41) is 0. The molecule has 0 atom stereocenters. The summed E-state index contributed by atoms with van der Waals surface area (Å²) in [7, 11) is -3.51. The topological polar surface area (TPSA) is 76.3 Å². The quantitative estimate of drug-likeness (QED) is 0.833. The van der Waals surface area contributed by atoms with Gasteiger partial charge in [-0.2, -0.15) is 4.31 Å². The number of nitrogens with two attached hydrogens (primary N) is 1. The lowest BCUT2D eigenvalue weighted by Gasteiger charge is -2.37. The highest BCUT2D eigenvalue weighted by atomic mass is 32.2. The van der Waals surface area contributed by atoms with Crippen LogP contribution in [0.2, 0.25) is 0 Å². The highest BCUT2D eigenvalue weighted by Gasteiger charge is 2.34. The third kappa shape index (κ3) is 3.82. The summed E-state index contributed by atoms with van der Waals surface area (Å²) in [5.74, 6) is 5.52. The fraction of sp³-hybridized carbons (Fsp3) is 0.533. The number of aromatic nitrogens is 1. The molecule has 1 aliphatic heterocycles. The minimum atomic E-state index is -3.51. The van der Waals surface area contributed by atoms with E-state index in [1.807, 2.05) is 0 Å². The first-order valence-corrected chi connectivity index (χ1v) is 8.43. The first kappa shape index (κ1) is 16.0. The van der Waals surface area contributed by atoms with E-state index in [0.717, 1.165) is 12.8 Å². The lowest BCUT2D eigenvalue weighted by molar-refractivity contribution is 0.187. The standard InChI is InChI=1S/C15H21N3O2S/c1-15(2)6-4-8-18(12-15)21(19,20)14-9-13(5-3-7-16)10-17-11-14/h9-11H,4,6-8,12,16H2,1-2H3. The molecule has 1 aromatic heterocycles. The highest BCUT2D eigenvalue weighted by Crippen LogP contribution is 2.31. The van der Waals surface area contributed by atoms with Crippen molar-refractivity contribution in [1.29, 1.82) is 0 Å².